The van der Waals surface area contributed by atoms with E-state index in [1.807, 2.05) is 36.5 Å². The lowest BCUT2D eigenvalue weighted by Crippen LogP contribution is -2.48. The number of piperazine rings is 1. The summed E-state index contributed by atoms with van der Waals surface area (Å²) in [6.07, 6.45) is 1.82. The molecule has 0 unspecified atom stereocenters. The van der Waals surface area contributed by atoms with E-state index in [1.54, 1.807) is 0 Å². The van der Waals surface area contributed by atoms with Gasteiger partial charge in [-0.25, -0.2) is 4.98 Å². The summed E-state index contributed by atoms with van der Waals surface area (Å²) in [6, 6.07) is 10.6. The molecule has 4 heteroatoms. The van der Waals surface area contributed by atoms with Crippen LogP contribution in [-0.2, 0) is 6.54 Å². The fourth-order valence-electron chi connectivity index (χ4n) is 2.47. The molecule has 2 heterocycles. The summed E-state index contributed by atoms with van der Waals surface area (Å²) in [5.74, 6) is 1.65. The molecular weight excluding hydrogens is 238 g/mol. The van der Waals surface area contributed by atoms with Gasteiger partial charge in [-0.05, 0) is 6.92 Å². The second-order valence-corrected chi connectivity index (χ2v) is 5.07. The van der Waals surface area contributed by atoms with Gasteiger partial charge in [-0.2, -0.15) is 0 Å². The first-order valence-corrected chi connectivity index (χ1v) is 6.77. The molecule has 100 valence electrons. The minimum atomic E-state index is 0.539. The topological polar surface area (TPSA) is 41.3 Å². The molecule has 1 atom stereocenters. The lowest BCUT2D eigenvalue weighted by molar-refractivity contribution is 0.184. The summed E-state index contributed by atoms with van der Waals surface area (Å²) in [6.45, 7) is 6.12. The summed E-state index contributed by atoms with van der Waals surface area (Å²) >= 11 is 0. The smallest absolute Gasteiger partial charge is 0.209 e. The molecule has 0 bridgehead atoms. The van der Waals surface area contributed by atoms with Gasteiger partial charge in [0, 0.05) is 31.2 Å². The van der Waals surface area contributed by atoms with Gasteiger partial charge in [0.15, 0.2) is 5.76 Å². The molecule has 2 aromatic rings. The van der Waals surface area contributed by atoms with Crippen molar-refractivity contribution in [3.05, 3.63) is 42.4 Å². The Hall–Kier alpha value is -1.65. The predicted molar refractivity (Wildman–Crippen MR) is 74.7 cm³/mol. The van der Waals surface area contributed by atoms with E-state index < -0.39 is 0 Å². The SMILES string of the molecule is C[C@@H]1CN(Cc2ncc(-c3ccccc3)o2)CCN1. The lowest BCUT2D eigenvalue weighted by atomic mass is 10.2. The highest BCUT2D eigenvalue weighted by Crippen LogP contribution is 2.20. The van der Waals surface area contributed by atoms with Crippen LogP contribution in [0.3, 0.4) is 0 Å². The molecule has 1 aromatic carbocycles. The summed E-state index contributed by atoms with van der Waals surface area (Å²) in [4.78, 5) is 6.76. The van der Waals surface area contributed by atoms with Gasteiger partial charge in [-0.1, -0.05) is 30.3 Å². The number of hydrogen-bond donors (Lipinski definition) is 1. The fourth-order valence-corrected chi connectivity index (χ4v) is 2.47. The van der Waals surface area contributed by atoms with Gasteiger partial charge in [-0.3, -0.25) is 4.90 Å². The van der Waals surface area contributed by atoms with Gasteiger partial charge in [0.2, 0.25) is 5.89 Å². The first-order chi connectivity index (χ1) is 9.31. The minimum absolute atomic E-state index is 0.539. The first-order valence-electron chi connectivity index (χ1n) is 6.77. The van der Waals surface area contributed by atoms with Crippen molar-refractivity contribution in [1.82, 2.24) is 15.2 Å². The van der Waals surface area contributed by atoms with E-state index in [4.69, 9.17) is 4.42 Å². The van der Waals surface area contributed by atoms with Gasteiger partial charge < -0.3 is 9.73 Å². The zero-order valence-electron chi connectivity index (χ0n) is 11.2. The summed E-state index contributed by atoms with van der Waals surface area (Å²) in [5, 5.41) is 3.44. The molecule has 0 saturated carbocycles. The van der Waals surface area contributed by atoms with E-state index in [0.717, 1.165) is 43.4 Å². The third-order valence-corrected chi connectivity index (χ3v) is 3.42. The monoisotopic (exact) mass is 257 g/mol. The molecule has 3 rings (SSSR count). The zero-order chi connectivity index (χ0) is 13.1. The number of rotatable bonds is 3. The van der Waals surface area contributed by atoms with Crippen molar-refractivity contribution in [2.24, 2.45) is 0 Å². The first kappa shape index (κ1) is 12.4. The molecule has 1 N–H and O–H groups in total. The van der Waals surface area contributed by atoms with E-state index in [1.165, 1.54) is 0 Å². The Labute approximate surface area is 113 Å². The molecule has 0 radical (unpaired) electrons. The van der Waals surface area contributed by atoms with E-state index in [-0.39, 0.29) is 0 Å². The molecular formula is C15H19N3O. The fraction of sp³-hybridized carbons (Fsp3) is 0.400. The Balaban J connectivity index is 1.68. The van der Waals surface area contributed by atoms with E-state index >= 15 is 0 Å². The van der Waals surface area contributed by atoms with Crippen LogP contribution in [0.4, 0.5) is 0 Å². The number of nitrogens with zero attached hydrogens (tertiary/aromatic N) is 2. The van der Waals surface area contributed by atoms with Crippen LogP contribution in [0, 0.1) is 0 Å². The third kappa shape index (κ3) is 3.03. The average molecular weight is 257 g/mol. The average Bonchev–Trinajstić information content (AvgIpc) is 2.88. The maximum absolute atomic E-state index is 5.83. The molecule has 1 aromatic heterocycles. The summed E-state index contributed by atoms with van der Waals surface area (Å²) in [5.41, 5.74) is 1.08. The summed E-state index contributed by atoms with van der Waals surface area (Å²) < 4.78 is 5.83. The van der Waals surface area contributed by atoms with E-state index in [2.05, 4.69) is 22.1 Å². The standard InChI is InChI=1S/C15H19N3O/c1-12-10-18(8-7-16-12)11-15-17-9-14(19-15)13-5-3-2-4-6-13/h2-6,9,12,16H,7-8,10-11H2,1H3/t12-/m1/s1. The van der Waals surface area contributed by atoms with Crippen molar-refractivity contribution in [3.8, 4) is 11.3 Å². The maximum Gasteiger partial charge on any atom is 0.209 e. The molecule has 1 fully saturated rings. The van der Waals surface area contributed by atoms with Crippen LogP contribution in [0.1, 0.15) is 12.8 Å². The number of hydrogen-bond acceptors (Lipinski definition) is 4. The maximum atomic E-state index is 5.83. The van der Waals surface area contributed by atoms with Crippen molar-refractivity contribution in [2.45, 2.75) is 19.5 Å². The van der Waals surface area contributed by atoms with E-state index in [0.29, 0.717) is 6.04 Å². The van der Waals surface area contributed by atoms with Gasteiger partial charge >= 0.3 is 0 Å². The molecule has 0 spiro atoms. The second-order valence-electron chi connectivity index (χ2n) is 5.07. The zero-order valence-corrected chi connectivity index (χ0v) is 11.2. The van der Waals surface area contributed by atoms with Crippen LogP contribution < -0.4 is 5.32 Å². The number of aromatic nitrogens is 1. The predicted octanol–water partition coefficient (Wildman–Crippen LogP) is 2.14. The van der Waals surface area contributed by atoms with Crippen molar-refractivity contribution >= 4 is 0 Å². The summed E-state index contributed by atoms with van der Waals surface area (Å²) in [7, 11) is 0. The van der Waals surface area contributed by atoms with Gasteiger partial charge in [-0.15, -0.1) is 0 Å². The number of nitrogens with one attached hydrogen (secondary N) is 1. The molecule has 19 heavy (non-hydrogen) atoms. The molecule has 0 amide bonds. The molecule has 1 aliphatic heterocycles. The highest BCUT2D eigenvalue weighted by atomic mass is 16.4. The Morgan fingerprint density at radius 3 is 3.00 bits per heavy atom. The van der Waals surface area contributed by atoms with Crippen molar-refractivity contribution < 1.29 is 4.42 Å². The third-order valence-electron chi connectivity index (χ3n) is 3.42. The van der Waals surface area contributed by atoms with Crippen LogP contribution in [0.2, 0.25) is 0 Å². The largest absolute Gasteiger partial charge is 0.439 e. The molecule has 0 aliphatic carbocycles. The Bertz CT molecular complexity index is 523. The van der Waals surface area contributed by atoms with Crippen LogP contribution >= 0.6 is 0 Å². The van der Waals surface area contributed by atoms with Crippen LogP contribution in [0.15, 0.2) is 40.9 Å². The van der Waals surface area contributed by atoms with Crippen LogP contribution in [0.5, 0.6) is 0 Å². The molecule has 1 aliphatic rings. The van der Waals surface area contributed by atoms with Crippen molar-refractivity contribution in [3.63, 3.8) is 0 Å². The van der Waals surface area contributed by atoms with E-state index in [9.17, 15) is 0 Å². The van der Waals surface area contributed by atoms with Gasteiger partial charge in [0.1, 0.15) is 0 Å². The van der Waals surface area contributed by atoms with Crippen molar-refractivity contribution in [1.29, 1.82) is 0 Å². The quantitative estimate of drug-likeness (QED) is 0.914. The van der Waals surface area contributed by atoms with Crippen LogP contribution in [-0.4, -0.2) is 35.6 Å². The second kappa shape index (κ2) is 5.55. The molecule has 4 nitrogen and oxygen atoms in total. The van der Waals surface area contributed by atoms with Crippen molar-refractivity contribution in [2.75, 3.05) is 19.6 Å². The lowest BCUT2D eigenvalue weighted by Gasteiger charge is -2.30. The Morgan fingerprint density at radius 2 is 2.21 bits per heavy atom. The number of benzene rings is 1. The normalized spacial score (nSPS) is 20.6. The Morgan fingerprint density at radius 1 is 1.37 bits per heavy atom. The van der Waals surface area contributed by atoms with Gasteiger partial charge in [0.05, 0.1) is 12.7 Å². The van der Waals surface area contributed by atoms with Crippen LogP contribution in [0.25, 0.3) is 11.3 Å². The highest BCUT2D eigenvalue weighted by molar-refractivity contribution is 5.55. The van der Waals surface area contributed by atoms with Gasteiger partial charge in [0.25, 0.3) is 0 Å². The highest BCUT2D eigenvalue weighted by Gasteiger charge is 2.17. The Kier molecular flexibility index (Phi) is 3.62. The molecule has 1 saturated heterocycles. The minimum Gasteiger partial charge on any atom is -0.439 e. The number of oxazole rings is 1.